The van der Waals surface area contributed by atoms with Crippen LogP contribution in [-0.4, -0.2) is 17.3 Å². The molecule has 3 nitrogen and oxygen atoms in total. The number of carbonyl (C=O) groups is 1. The molecule has 1 aliphatic rings. The molecule has 2 aromatic carbocycles. The van der Waals surface area contributed by atoms with E-state index in [0.29, 0.717) is 20.7 Å². The van der Waals surface area contributed by atoms with Crippen molar-refractivity contribution in [2.24, 2.45) is 0 Å². The molecule has 0 radical (unpaired) electrons. The Balaban J connectivity index is 1.90. The number of carbonyl (C=O) groups excluding carboxylic acids is 1. The Morgan fingerprint density at radius 1 is 1.12 bits per heavy atom. The fourth-order valence-corrected chi connectivity index (χ4v) is 3.89. The summed E-state index contributed by atoms with van der Waals surface area (Å²) < 4.78 is 5.86. The second-order valence-electron chi connectivity index (χ2n) is 5.49. The fourth-order valence-electron chi connectivity index (χ4n) is 2.55. The second-order valence-corrected chi connectivity index (χ2v) is 7.16. The van der Waals surface area contributed by atoms with Crippen LogP contribution in [-0.2, 0) is 4.79 Å². The van der Waals surface area contributed by atoms with Crippen molar-refractivity contribution in [1.29, 1.82) is 0 Å². The molecule has 0 atom stereocenters. The number of thiocarbonyl (C=S) groups is 1. The van der Waals surface area contributed by atoms with Gasteiger partial charge in [0.2, 0.25) is 0 Å². The first kappa shape index (κ1) is 17.5. The van der Waals surface area contributed by atoms with Gasteiger partial charge < -0.3 is 4.74 Å². The molecule has 0 bridgehead atoms. The van der Waals surface area contributed by atoms with Crippen molar-refractivity contribution in [3.05, 3.63) is 76.7 Å². The Morgan fingerprint density at radius 3 is 2.52 bits per heavy atom. The highest BCUT2D eigenvalue weighted by Crippen LogP contribution is 2.39. The first-order valence-electron chi connectivity index (χ1n) is 7.74. The highest BCUT2D eigenvalue weighted by Gasteiger charge is 2.34. The summed E-state index contributed by atoms with van der Waals surface area (Å²) in [6.45, 7) is 1.97. The molecule has 0 N–H and O–H groups in total. The van der Waals surface area contributed by atoms with Crippen LogP contribution in [0.5, 0.6) is 5.75 Å². The number of amides is 1. The van der Waals surface area contributed by atoms with Gasteiger partial charge in [0.25, 0.3) is 5.91 Å². The van der Waals surface area contributed by atoms with Crippen LogP contribution in [0.3, 0.4) is 0 Å². The molecule has 3 rings (SSSR count). The van der Waals surface area contributed by atoms with Crippen molar-refractivity contribution in [3.63, 3.8) is 0 Å². The minimum absolute atomic E-state index is 0.125. The van der Waals surface area contributed by atoms with E-state index >= 15 is 0 Å². The first-order valence-corrected chi connectivity index (χ1v) is 8.97. The average Bonchev–Trinajstić information content (AvgIpc) is 2.89. The summed E-state index contributed by atoms with van der Waals surface area (Å²) >= 11 is 6.73. The molecular weight excluding hydrogens is 350 g/mol. The third-order valence-electron chi connectivity index (χ3n) is 3.67. The van der Waals surface area contributed by atoms with Crippen molar-refractivity contribution in [2.45, 2.75) is 6.92 Å². The van der Waals surface area contributed by atoms with Gasteiger partial charge in [-0.15, -0.1) is 0 Å². The predicted octanol–water partition coefficient (Wildman–Crippen LogP) is 5.05. The smallest absolute Gasteiger partial charge is 0.270 e. The van der Waals surface area contributed by atoms with E-state index < -0.39 is 0 Å². The van der Waals surface area contributed by atoms with Gasteiger partial charge in [0.1, 0.15) is 5.75 Å². The molecule has 0 aliphatic carbocycles. The van der Waals surface area contributed by atoms with Crippen LogP contribution in [0, 0.1) is 0 Å². The normalized spacial score (nSPS) is 16.6. The maximum Gasteiger partial charge on any atom is 0.270 e. The monoisotopic (exact) mass is 367 g/mol. The largest absolute Gasteiger partial charge is 0.495 e. The molecule has 0 aromatic heterocycles. The van der Waals surface area contributed by atoms with Gasteiger partial charge in [-0.2, -0.15) is 0 Å². The third-order valence-corrected chi connectivity index (χ3v) is 4.97. The minimum atomic E-state index is -0.125. The molecule has 2 aromatic rings. The van der Waals surface area contributed by atoms with Crippen LogP contribution in [0.4, 0.5) is 5.69 Å². The predicted molar refractivity (Wildman–Crippen MR) is 109 cm³/mol. The third kappa shape index (κ3) is 3.83. The molecule has 1 heterocycles. The Morgan fingerprint density at radius 2 is 1.80 bits per heavy atom. The van der Waals surface area contributed by atoms with Crippen LogP contribution in [0.25, 0.3) is 6.08 Å². The number of thioether (sulfide) groups is 1. The molecule has 1 amide bonds. The zero-order valence-corrected chi connectivity index (χ0v) is 15.6. The minimum Gasteiger partial charge on any atom is -0.495 e. The van der Waals surface area contributed by atoms with E-state index in [1.165, 1.54) is 16.7 Å². The van der Waals surface area contributed by atoms with E-state index in [1.807, 2.05) is 73.7 Å². The number of hydrogen-bond donors (Lipinski definition) is 0. The molecule has 0 unspecified atom stereocenters. The summed E-state index contributed by atoms with van der Waals surface area (Å²) in [7, 11) is 1.58. The van der Waals surface area contributed by atoms with E-state index in [-0.39, 0.29) is 5.91 Å². The Hall–Kier alpha value is -2.37. The molecule has 0 saturated carbocycles. The van der Waals surface area contributed by atoms with Gasteiger partial charge in [-0.1, -0.05) is 72.5 Å². The van der Waals surface area contributed by atoms with Gasteiger partial charge in [0, 0.05) is 0 Å². The fraction of sp³-hybridized carbons (Fsp3) is 0.100. The molecule has 1 saturated heterocycles. The van der Waals surface area contributed by atoms with E-state index in [0.717, 1.165) is 11.1 Å². The summed E-state index contributed by atoms with van der Waals surface area (Å²) in [5, 5.41) is 0. The lowest BCUT2D eigenvalue weighted by Gasteiger charge is -2.17. The van der Waals surface area contributed by atoms with Crippen LogP contribution in [0.1, 0.15) is 12.5 Å². The maximum absolute atomic E-state index is 12.8. The Kier molecular flexibility index (Phi) is 5.36. The Labute approximate surface area is 157 Å². The zero-order chi connectivity index (χ0) is 17.8. The van der Waals surface area contributed by atoms with Gasteiger partial charge in [-0.25, -0.2) is 0 Å². The summed E-state index contributed by atoms with van der Waals surface area (Å²) in [6.07, 6.45) is 3.91. The Bertz CT molecular complexity index is 872. The highest BCUT2D eigenvalue weighted by atomic mass is 32.2. The standard InChI is InChI=1S/C20H17NO2S2/c1-14(12-15-8-4-3-5-9-15)13-18-19(22)21(20(24)25-18)16-10-6-7-11-17(16)23-2/h3-13H,1-2H3/b14-12+,18-13+. The molecular formula is C20H17NO2S2. The van der Waals surface area contributed by atoms with E-state index in [2.05, 4.69) is 0 Å². The van der Waals surface area contributed by atoms with Crippen molar-refractivity contribution in [3.8, 4) is 5.75 Å². The number of nitrogens with zero attached hydrogens (tertiary/aromatic N) is 1. The molecule has 5 heteroatoms. The summed E-state index contributed by atoms with van der Waals surface area (Å²) in [6, 6.07) is 17.4. The highest BCUT2D eigenvalue weighted by molar-refractivity contribution is 8.27. The van der Waals surface area contributed by atoms with Gasteiger partial charge in [0.05, 0.1) is 17.7 Å². The van der Waals surface area contributed by atoms with Crippen molar-refractivity contribution in [2.75, 3.05) is 12.0 Å². The number of allylic oxidation sites excluding steroid dienone is 2. The lowest BCUT2D eigenvalue weighted by molar-refractivity contribution is -0.113. The zero-order valence-electron chi connectivity index (χ0n) is 13.9. The van der Waals surface area contributed by atoms with Crippen LogP contribution in [0.2, 0.25) is 0 Å². The quantitative estimate of drug-likeness (QED) is 0.559. The molecule has 25 heavy (non-hydrogen) atoms. The summed E-state index contributed by atoms with van der Waals surface area (Å²) in [4.78, 5) is 15.0. The second kappa shape index (κ2) is 7.68. The molecule has 0 spiro atoms. The number of benzene rings is 2. The summed E-state index contributed by atoms with van der Waals surface area (Å²) in [5.41, 5.74) is 2.75. The molecule has 126 valence electrons. The number of methoxy groups -OCH3 is 1. The SMILES string of the molecule is COc1ccccc1N1C(=O)/C(=C\C(C)=C\c2ccccc2)SC1=S. The van der Waals surface area contributed by atoms with Gasteiger partial charge in [-0.05, 0) is 36.3 Å². The molecule has 1 aliphatic heterocycles. The topological polar surface area (TPSA) is 29.5 Å². The lowest BCUT2D eigenvalue weighted by atomic mass is 10.1. The molecule has 1 fully saturated rings. The number of anilines is 1. The summed E-state index contributed by atoms with van der Waals surface area (Å²) in [5.74, 6) is 0.497. The van der Waals surface area contributed by atoms with Crippen LogP contribution < -0.4 is 9.64 Å². The number of hydrogen-bond acceptors (Lipinski definition) is 4. The van der Waals surface area contributed by atoms with Crippen molar-refractivity contribution >= 4 is 46.0 Å². The van der Waals surface area contributed by atoms with Gasteiger partial charge in [-0.3, -0.25) is 9.69 Å². The van der Waals surface area contributed by atoms with Crippen LogP contribution in [0.15, 0.2) is 71.2 Å². The van der Waals surface area contributed by atoms with Crippen molar-refractivity contribution < 1.29 is 9.53 Å². The van der Waals surface area contributed by atoms with E-state index in [9.17, 15) is 4.79 Å². The number of ether oxygens (including phenoxy) is 1. The van der Waals surface area contributed by atoms with E-state index in [4.69, 9.17) is 17.0 Å². The van der Waals surface area contributed by atoms with Crippen molar-refractivity contribution in [1.82, 2.24) is 0 Å². The average molecular weight is 367 g/mol. The van der Waals surface area contributed by atoms with Gasteiger partial charge >= 0.3 is 0 Å². The first-order chi connectivity index (χ1) is 12.1. The maximum atomic E-state index is 12.8. The number of para-hydroxylation sites is 2. The lowest BCUT2D eigenvalue weighted by Crippen LogP contribution is -2.27. The van der Waals surface area contributed by atoms with Crippen LogP contribution >= 0.6 is 24.0 Å². The van der Waals surface area contributed by atoms with E-state index in [1.54, 1.807) is 7.11 Å². The van der Waals surface area contributed by atoms with Gasteiger partial charge in [0.15, 0.2) is 4.32 Å². The number of rotatable bonds is 4.